The number of nitrogens with one attached hydrogen (secondary N) is 1. The number of aromatic hydroxyl groups is 1. The number of nitrogens with zero attached hydrogens (tertiary/aromatic N) is 2. The second-order valence-electron chi connectivity index (χ2n) is 4.41. The molecule has 2 aromatic carbocycles. The Labute approximate surface area is 131 Å². The SMILES string of the molecule is NS(=O)(=O)c1ccc(N/N=C/c2ccccc2O)c([N+](=O)[O-])c1. The number of phenolic OH excluding ortho intramolecular Hbond substituents is 1. The summed E-state index contributed by atoms with van der Waals surface area (Å²) in [4.78, 5) is 9.89. The van der Waals surface area contributed by atoms with Crippen LogP contribution in [0.1, 0.15) is 5.56 Å². The van der Waals surface area contributed by atoms with Crippen molar-refractivity contribution in [2.75, 3.05) is 5.43 Å². The van der Waals surface area contributed by atoms with Crippen LogP contribution in [-0.2, 0) is 10.0 Å². The first-order chi connectivity index (χ1) is 10.8. The Morgan fingerprint density at radius 1 is 1.26 bits per heavy atom. The second-order valence-corrected chi connectivity index (χ2v) is 5.97. The third kappa shape index (κ3) is 4.02. The molecule has 0 radical (unpaired) electrons. The molecular weight excluding hydrogens is 324 g/mol. The van der Waals surface area contributed by atoms with Crippen molar-refractivity contribution in [2.45, 2.75) is 4.90 Å². The molecule has 0 saturated heterocycles. The third-order valence-corrected chi connectivity index (χ3v) is 3.73. The van der Waals surface area contributed by atoms with Gasteiger partial charge < -0.3 is 5.11 Å². The summed E-state index contributed by atoms with van der Waals surface area (Å²) in [6.45, 7) is 0. The molecule has 4 N–H and O–H groups in total. The zero-order chi connectivity index (χ0) is 17.0. The summed E-state index contributed by atoms with van der Waals surface area (Å²) in [5.74, 6) is -0.00266. The Bertz CT molecular complexity index is 880. The maximum atomic E-state index is 11.2. The summed E-state index contributed by atoms with van der Waals surface area (Å²) in [7, 11) is -4.05. The van der Waals surface area contributed by atoms with Gasteiger partial charge in [0.25, 0.3) is 5.69 Å². The van der Waals surface area contributed by atoms with E-state index in [4.69, 9.17) is 5.14 Å². The number of nitro groups is 1. The van der Waals surface area contributed by atoms with Crippen LogP contribution in [0.4, 0.5) is 11.4 Å². The van der Waals surface area contributed by atoms with Crippen molar-refractivity contribution in [3.63, 3.8) is 0 Å². The van der Waals surface area contributed by atoms with Crippen LogP contribution in [0.5, 0.6) is 5.75 Å². The minimum absolute atomic E-state index is 0.00266. The van der Waals surface area contributed by atoms with E-state index < -0.39 is 20.6 Å². The monoisotopic (exact) mass is 336 g/mol. The molecule has 0 unspecified atom stereocenters. The Morgan fingerprint density at radius 2 is 1.96 bits per heavy atom. The van der Waals surface area contributed by atoms with Crippen molar-refractivity contribution < 1.29 is 18.4 Å². The maximum absolute atomic E-state index is 11.2. The lowest BCUT2D eigenvalue weighted by Crippen LogP contribution is -2.12. The minimum Gasteiger partial charge on any atom is -0.507 e. The summed E-state index contributed by atoms with van der Waals surface area (Å²) < 4.78 is 22.5. The van der Waals surface area contributed by atoms with Crippen LogP contribution in [0, 0.1) is 10.1 Å². The first kappa shape index (κ1) is 16.4. The summed E-state index contributed by atoms with van der Waals surface area (Å²) in [5, 5.41) is 29.3. The normalized spacial score (nSPS) is 11.5. The van der Waals surface area contributed by atoms with Crippen molar-refractivity contribution in [3.05, 3.63) is 58.1 Å². The summed E-state index contributed by atoms with van der Waals surface area (Å²) in [5.41, 5.74) is 2.32. The number of nitro benzene ring substituents is 1. The maximum Gasteiger partial charge on any atom is 0.295 e. The van der Waals surface area contributed by atoms with Crippen LogP contribution in [0.15, 0.2) is 52.5 Å². The lowest BCUT2D eigenvalue weighted by molar-refractivity contribution is -0.384. The molecule has 0 saturated carbocycles. The van der Waals surface area contributed by atoms with E-state index in [1.165, 1.54) is 18.3 Å². The Kier molecular flexibility index (Phi) is 4.57. The van der Waals surface area contributed by atoms with Gasteiger partial charge in [-0.2, -0.15) is 5.10 Å². The van der Waals surface area contributed by atoms with Gasteiger partial charge in [-0.3, -0.25) is 15.5 Å². The fourth-order valence-corrected chi connectivity index (χ4v) is 2.24. The summed E-state index contributed by atoms with van der Waals surface area (Å²) in [6.07, 6.45) is 1.27. The van der Waals surface area contributed by atoms with E-state index >= 15 is 0 Å². The molecule has 10 heteroatoms. The van der Waals surface area contributed by atoms with Gasteiger partial charge in [-0.25, -0.2) is 13.6 Å². The fourth-order valence-electron chi connectivity index (χ4n) is 1.70. The van der Waals surface area contributed by atoms with Crippen LogP contribution >= 0.6 is 0 Å². The molecular formula is C13H12N4O5S. The Hall–Kier alpha value is -2.98. The van der Waals surface area contributed by atoms with Gasteiger partial charge in [-0.05, 0) is 24.3 Å². The van der Waals surface area contributed by atoms with E-state index in [0.717, 1.165) is 12.1 Å². The number of primary sulfonamides is 1. The highest BCUT2D eigenvalue weighted by molar-refractivity contribution is 7.89. The molecule has 0 atom stereocenters. The smallest absolute Gasteiger partial charge is 0.295 e. The molecule has 0 amide bonds. The molecule has 9 nitrogen and oxygen atoms in total. The van der Waals surface area contributed by atoms with Crippen LogP contribution in [0.2, 0.25) is 0 Å². The van der Waals surface area contributed by atoms with Crippen molar-refractivity contribution in [3.8, 4) is 5.75 Å². The lowest BCUT2D eigenvalue weighted by Gasteiger charge is -2.04. The molecule has 120 valence electrons. The van der Waals surface area contributed by atoms with Gasteiger partial charge in [-0.1, -0.05) is 12.1 Å². The van der Waals surface area contributed by atoms with Gasteiger partial charge in [0, 0.05) is 11.6 Å². The first-order valence-electron chi connectivity index (χ1n) is 6.17. The highest BCUT2D eigenvalue weighted by Gasteiger charge is 2.18. The molecule has 2 rings (SSSR count). The number of sulfonamides is 1. The first-order valence-corrected chi connectivity index (χ1v) is 7.72. The van der Waals surface area contributed by atoms with Gasteiger partial charge in [0.1, 0.15) is 11.4 Å². The van der Waals surface area contributed by atoms with Crippen LogP contribution in [0.3, 0.4) is 0 Å². The zero-order valence-corrected chi connectivity index (χ0v) is 12.4. The minimum atomic E-state index is -4.05. The predicted molar refractivity (Wildman–Crippen MR) is 83.8 cm³/mol. The van der Waals surface area contributed by atoms with Gasteiger partial charge in [0.05, 0.1) is 16.0 Å². The number of hydrazone groups is 1. The largest absolute Gasteiger partial charge is 0.507 e. The van der Waals surface area contributed by atoms with Crippen molar-refractivity contribution in [2.24, 2.45) is 10.2 Å². The molecule has 0 aliphatic carbocycles. The lowest BCUT2D eigenvalue weighted by atomic mass is 10.2. The van der Waals surface area contributed by atoms with Crippen LogP contribution < -0.4 is 10.6 Å². The van der Waals surface area contributed by atoms with E-state index in [-0.39, 0.29) is 16.3 Å². The number of benzene rings is 2. The number of hydrogen-bond donors (Lipinski definition) is 3. The number of nitrogens with two attached hydrogens (primary N) is 1. The van der Waals surface area contributed by atoms with E-state index in [2.05, 4.69) is 10.5 Å². The molecule has 23 heavy (non-hydrogen) atoms. The van der Waals surface area contributed by atoms with Gasteiger partial charge >= 0.3 is 0 Å². The van der Waals surface area contributed by atoms with E-state index in [0.29, 0.717) is 5.56 Å². The van der Waals surface area contributed by atoms with Gasteiger partial charge in [0.15, 0.2) is 0 Å². The third-order valence-electron chi connectivity index (χ3n) is 2.82. The highest BCUT2D eigenvalue weighted by atomic mass is 32.2. The summed E-state index contributed by atoms with van der Waals surface area (Å²) in [6, 6.07) is 9.53. The average molecular weight is 336 g/mol. The van der Waals surface area contributed by atoms with E-state index in [9.17, 15) is 23.6 Å². The fraction of sp³-hybridized carbons (Fsp3) is 0. The molecule has 0 heterocycles. The highest BCUT2D eigenvalue weighted by Crippen LogP contribution is 2.27. The van der Waals surface area contributed by atoms with Crippen molar-refractivity contribution in [1.82, 2.24) is 0 Å². The molecule has 0 spiro atoms. The second kappa shape index (κ2) is 6.42. The number of para-hydroxylation sites is 1. The van der Waals surface area contributed by atoms with Crippen LogP contribution in [-0.4, -0.2) is 24.7 Å². The molecule has 0 bridgehead atoms. The van der Waals surface area contributed by atoms with Crippen LogP contribution in [0.25, 0.3) is 0 Å². The number of hydrogen-bond acceptors (Lipinski definition) is 7. The van der Waals surface area contributed by atoms with Crippen molar-refractivity contribution >= 4 is 27.6 Å². The van der Waals surface area contributed by atoms with Gasteiger partial charge in [-0.15, -0.1) is 0 Å². The van der Waals surface area contributed by atoms with E-state index in [1.54, 1.807) is 18.2 Å². The average Bonchev–Trinajstić information content (AvgIpc) is 2.48. The number of anilines is 1. The van der Waals surface area contributed by atoms with Crippen molar-refractivity contribution in [1.29, 1.82) is 0 Å². The molecule has 0 fully saturated rings. The Balaban J connectivity index is 2.30. The van der Waals surface area contributed by atoms with Gasteiger partial charge in [0.2, 0.25) is 10.0 Å². The molecule has 0 aliphatic rings. The molecule has 0 aliphatic heterocycles. The molecule has 0 aromatic heterocycles. The predicted octanol–water partition coefficient (Wildman–Crippen LogP) is 1.39. The Morgan fingerprint density at radius 3 is 2.57 bits per heavy atom. The molecule has 2 aromatic rings. The summed E-state index contributed by atoms with van der Waals surface area (Å²) >= 11 is 0. The van der Waals surface area contributed by atoms with E-state index in [1.807, 2.05) is 0 Å². The standard InChI is InChI=1S/C13H12N4O5S/c14-23(21,22)10-5-6-11(12(7-10)17(19)20)16-15-8-9-3-1-2-4-13(9)18/h1-8,16,18H,(H2,14,21,22)/b15-8+. The number of rotatable bonds is 5. The quantitative estimate of drug-likeness (QED) is 0.427. The topological polar surface area (TPSA) is 148 Å². The zero-order valence-electron chi connectivity index (χ0n) is 11.6. The number of phenols is 1.